The zero-order chi connectivity index (χ0) is 57.7. The van der Waals surface area contributed by atoms with Crippen LogP contribution in [0, 0.1) is 11.8 Å². The van der Waals surface area contributed by atoms with Crippen LogP contribution >= 0.6 is 12.2 Å². The van der Waals surface area contributed by atoms with Gasteiger partial charge in [-0.25, -0.2) is 14.6 Å². The van der Waals surface area contributed by atoms with E-state index in [0.29, 0.717) is 47.7 Å². The summed E-state index contributed by atoms with van der Waals surface area (Å²) in [4.78, 5) is 115. The number of nitrogens with one attached hydrogen (secondary N) is 6. The van der Waals surface area contributed by atoms with Gasteiger partial charge in [-0.1, -0.05) is 52.8 Å². The molecule has 80 heavy (non-hydrogen) atoms. The van der Waals surface area contributed by atoms with Gasteiger partial charge in [0.25, 0.3) is 5.56 Å². The molecule has 5 amide bonds. The summed E-state index contributed by atoms with van der Waals surface area (Å²) >= 11 is 5.64. The molecule has 6 heterocycles. The van der Waals surface area contributed by atoms with Gasteiger partial charge in [0.2, 0.25) is 41.4 Å². The molecule has 4 aliphatic rings. The Kier molecular flexibility index (Phi) is 18.2. The third-order valence-electron chi connectivity index (χ3n) is 14.7. The van der Waals surface area contributed by atoms with Crippen molar-refractivity contribution in [3.63, 3.8) is 0 Å². The Morgan fingerprint density at radius 1 is 0.900 bits per heavy atom. The lowest BCUT2D eigenvalue weighted by molar-refractivity contribution is -0.228. The fourth-order valence-corrected chi connectivity index (χ4v) is 10.6. The van der Waals surface area contributed by atoms with E-state index in [1.54, 1.807) is 67.5 Å². The maximum Gasteiger partial charge on any atom is 0.355 e. The van der Waals surface area contributed by atoms with Crippen molar-refractivity contribution >= 4 is 75.4 Å². The summed E-state index contributed by atoms with van der Waals surface area (Å²) < 4.78 is 24.5. The minimum atomic E-state index is -2.05. The van der Waals surface area contributed by atoms with Gasteiger partial charge in [-0.3, -0.25) is 28.8 Å². The van der Waals surface area contributed by atoms with Crippen LogP contribution in [0.2, 0.25) is 0 Å². The highest BCUT2D eigenvalue weighted by atomic mass is 32.1. The first-order valence-electron chi connectivity index (χ1n) is 26.9. The molecule has 428 valence electrons. The number of fused-ring (bicyclic) bond motifs is 5. The third kappa shape index (κ3) is 12.9. The Labute approximate surface area is 467 Å². The number of carbonyl (C=O) groups excluding carboxylic acids is 7. The van der Waals surface area contributed by atoms with Gasteiger partial charge < -0.3 is 70.5 Å². The van der Waals surface area contributed by atoms with Gasteiger partial charge in [-0.15, -0.1) is 0 Å². The summed E-state index contributed by atoms with van der Waals surface area (Å²) in [5.41, 5.74) is 1.02. The van der Waals surface area contributed by atoms with E-state index in [2.05, 4.69) is 31.9 Å². The van der Waals surface area contributed by atoms with E-state index in [-0.39, 0.29) is 54.6 Å². The zero-order valence-corrected chi connectivity index (χ0v) is 46.5. The summed E-state index contributed by atoms with van der Waals surface area (Å²) in [5.74, 6) is -5.46. The topological polar surface area (TPSA) is 307 Å². The number of para-hydroxylation sites is 1. The fraction of sp³-hybridized carbons (Fsp3) is 0.500. The number of likely N-dealkylation sites (tertiary alicyclic amines) is 1. The number of aliphatic hydroxyl groups excluding tert-OH is 2. The Hall–Kier alpha value is -7.54. The average Bonchev–Trinajstić information content (AvgIpc) is 4.23. The smallest absolute Gasteiger partial charge is 0.355 e. The maximum atomic E-state index is 14.2. The number of thiocarbonyl (C=S) groups is 1. The molecule has 2 fully saturated rings. The van der Waals surface area contributed by atoms with E-state index in [9.17, 15) is 48.6 Å². The number of nitrogens with zero attached hydrogens (tertiary/aromatic N) is 3. The number of carbonyl (C=O) groups is 7. The highest BCUT2D eigenvalue weighted by Gasteiger charge is 2.52. The van der Waals surface area contributed by atoms with E-state index >= 15 is 0 Å². The van der Waals surface area contributed by atoms with E-state index in [1.165, 1.54) is 6.92 Å². The second kappa shape index (κ2) is 24.9. The molecule has 8 rings (SSSR count). The lowest BCUT2D eigenvalue weighted by atomic mass is 9.85. The van der Waals surface area contributed by atoms with Crippen LogP contribution < -0.4 is 42.2 Å². The Morgan fingerprint density at radius 3 is 2.34 bits per heavy atom. The highest BCUT2D eigenvalue weighted by Crippen LogP contribution is 2.41. The predicted molar refractivity (Wildman–Crippen MR) is 294 cm³/mol. The molecule has 24 heteroatoms. The molecule has 0 bridgehead atoms. The van der Waals surface area contributed by atoms with E-state index < -0.39 is 120 Å². The number of cyclic esters (lactones) is 1. The molecule has 2 aromatic carbocycles. The monoisotopic (exact) mass is 1120 g/mol. The van der Waals surface area contributed by atoms with E-state index in [0.717, 1.165) is 10.9 Å². The lowest BCUT2D eigenvalue weighted by Gasteiger charge is -2.37. The maximum absolute atomic E-state index is 14.2. The molecule has 0 saturated carbocycles. The summed E-state index contributed by atoms with van der Waals surface area (Å²) in [5, 5.41) is 37.4. The number of benzene rings is 2. The number of aromatic nitrogens is 2. The number of rotatable bonds is 19. The molecule has 2 saturated heterocycles. The van der Waals surface area contributed by atoms with Gasteiger partial charge in [-0.2, -0.15) is 0 Å². The van der Waals surface area contributed by atoms with Crippen LogP contribution in [0.4, 0.5) is 5.69 Å². The minimum absolute atomic E-state index is 0.107. The summed E-state index contributed by atoms with van der Waals surface area (Å²) in [6.07, 6.45) is -1.96. The van der Waals surface area contributed by atoms with Gasteiger partial charge in [0.1, 0.15) is 42.6 Å². The molecule has 0 radical (unpaired) electrons. The highest BCUT2D eigenvalue weighted by molar-refractivity contribution is 7.80. The normalized spacial score (nSPS) is 22.2. The van der Waals surface area contributed by atoms with Crippen molar-refractivity contribution in [2.75, 3.05) is 25.0 Å². The van der Waals surface area contributed by atoms with Crippen LogP contribution in [-0.4, -0.2) is 140 Å². The molecule has 8 N–H and O–H groups in total. The summed E-state index contributed by atoms with van der Waals surface area (Å²) in [7, 11) is 0. The SMILES string of the molecule is CC[C@@]1(OC(=O)[C@@H](NC(=O)[C@H](C)NC(=O)[C@H](CC(C)C)NC(=O)CNC(=O)CNC(=O)C2CCCN2C(=S)Nc2ccc(O[C@H]3O[C@@H](C)[C@@H](O)CC3O)cc2)C(C)C)C(=O)OCc2c1cc1n(c2=O)Cc2cc3ccccc3nc2-1. The number of esters is 2. The Balaban J connectivity index is 0.812. The largest absolute Gasteiger partial charge is 0.462 e. The Morgan fingerprint density at radius 2 is 1.62 bits per heavy atom. The predicted octanol–water partition coefficient (Wildman–Crippen LogP) is 2.14. The van der Waals surface area contributed by atoms with Gasteiger partial charge in [-0.05, 0) is 106 Å². The molecule has 4 aromatic rings. The zero-order valence-electron chi connectivity index (χ0n) is 45.7. The number of ether oxygens (including phenoxy) is 4. The standard InChI is InChI=1S/C56H69N9O14S/c1-8-56(37-22-41-47-33(21-32-12-9-10-13-38(32)62-47)26-65(41)51(73)36(37)27-76-54(56)75)79-52(74)46(29(4)5)63-48(70)30(6)59-49(71)39(20-28(2)3)61-45(69)25-57-44(68)24-58-50(72)40-14-11-19-64(40)55(80)60-34-15-17-35(18-16-34)78-53-43(67)23-42(66)31(7)77-53/h9-10,12-13,15-18,21-22,28-31,39-40,42-43,46,53,66-67H,8,11,14,19-20,23-27H2,1-7H3,(H,57,68)(H,58,72)(H,59,71)(H,60,80)(H,61,69)(H,63,70)/t30-,31-,39-,40?,42-,43?,46-,53+,56-/m0/s1. The van der Waals surface area contributed by atoms with Crippen molar-refractivity contribution < 1.29 is 62.7 Å². The van der Waals surface area contributed by atoms with Crippen LogP contribution in [0.1, 0.15) is 97.3 Å². The van der Waals surface area contributed by atoms with Crippen LogP contribution in [0.25, 0.3) is 22.3 Å². The van der Waals surface area contributed by atoms with Crippen molar-refractivity contribution in [1.82, 2.24) is 41.0 Å². The van der Waals surface area contributed by atoms with Crippen LogP contribution in [0.15, 0.2) is 65.5 Å². The Bertz CT molecular complexity index is 3120. The third-order valence-corrected chi connectivity index (χ3v) is 15.1. The first-order valence-corrected chi connectivity index (χ1v) is 27.3. The number of aliphatic hydroxyl groups is 2. The molecule has 9 atom stereocenters. The average molecular weight is 1120 g/mol. The van der Waals surface area contributed by atoms with E-state index in [1.807, 2.05) is 44.2 Å². The lowest BCUT2D eigenvalue weighted by Crippen LogP contribution is -2.57. The van der Waals surface area contributed by atoms with Gasteiger partial charge >= 0.3 is 11.9 Å². The number of anilines is 1. The summed E-state index contributed by atoms with van der Waals surface area (Å²) in [6.45, 7) is 11.1. The molecule has 2 aromatic heterocycles. The molecule has 2 unspecified atom stereocenters. The summed E-state index contributed by atoms with van der Waals surface area (Å²) in [6, 6.07) is 13.5. The van der Waals surface area contributed by atoms with Crippen molar-refractivity contribution in [2.24, 2.45) is 11.8 Å². The van der Waals surface area contributed by atoms with Crippen LogP contribution in [0.3, 0.4) is 0 Å². The molecule has 0 spiro atoms. The van der Waals surface area contributed by atoms with E-state index in [4.69, 9.17) is 36.1 Å². The van der Waals surface area contributed by atoms with Gasteiger partial charge in [0.05, 0.1) is 54.3 Å². The quantitative estimate of drug-likeness (QED) is 0.0434. The first-order chi connectivity index (χ1) is 38.1. The van der Waals surface area contributed by atoms with Crippen LogP contribution in [-0.2, 0) is 66.5 Å². The van der Waals surface area contributed by atoms with Crippen molar-refractivity contribution in [3.8, 4) is 17.1 Å². The minimum Gasteiger partial charge on any atom is -0.462 e. The number of pyridine rings is 2. The molecular formula is C56H69N9O14S. The van der Waals surface area contributed by atoms with Crippen LogP contribution in [0.5, 0.6) is 5.75 Å². The number of amides is 5. The number of hydrogen-bond donors (Lipinski definition) is 8. The second-order valence-electron chi connectivity index (χ2n) is 21.4. The molecule has 0 aliphatic carbocycles. The van der Waals surface area contributed by atoms with Crippen molar-refractivity contribution in [3.05, 3.63) is 87.7 Å². The van der Waals surface area contributed by atoms with Crippen molar-refractivity contribution in [1.29, 1.82) is 0 Å². The van der Waals surface area contributed by atoms with Gasteiger partial charge in [0.15, 0.2) is 5.11 Å². The van der Waals surface area contributed by atoms with Crippen molar-refractivity contribution in [2.45, 2.75) is 148 Å². The molecule has 23 nitrogen and oxygen atoms in total. The fourth-order valence-electron chi connectivity index (χ4n) is 10.2. The van der Waals surface area contributed by atoms with Gasteiger partial charge in [0, 0.05) is 35.2 Å². The number of hydrogen-bond acceptors (Lipinski definition) is 16. The second-order valence-corrected chi connectivity index (χ2v) is 21.8. The molecular weight excluding hydrogens is 1050 g/mol. The molecule has 4 aliphatic heterocycles. The first kappa shape index (κ1) is 58.6.